The van der Waals surface area contributed by atoms with Gasteiger partial charge in [-0.3, -0.25) is 4.90 Å². The van der Waals surface area contributed by atoms with Gasteiger partial charge in [0.2, 0.25) is 0 Å². The van der Waals surface area contributed by atoms with E-state index in [2.05, 4.69) is 23.6 Å². The molecule has 2 N–H and O–H groups in total. The van der Waals surface area contributed by atoms with Gasteiger partial charge in [-0.05, 0) is 19.9 Å². The van der Waals surface area contributed by atoms with Crippen LogP contribution in [0.1, 0.15) is 23.5 Å². The molecule has 0 aliphatic carbocycles. The molecule has 1 aromatic heterocycles. The highest BCUT2D eigenvalue weighted by atomic mass is 32.1. The first-order valence-electron chi connectivity index (χ1n) is 6.49. The van der Waals surface area contributed by atoms with Gasteiger partial charge in [0.15, 0.2) is 0 Å². The molecule has 0 saturated carbocycles. The molecule has 2 rings (SSSR count). The van der Waals surface area contributed by atoms with Crippen molar-refractivity contribution in [1.29, 1.82) is 0 Å². The number of rotatable bonds is 3. The molecule has 1 aromatic rings. The van der Waals surface area contributed by atoms with Crippen molar-refractivity contribution in [2.45, 2.75) is 19.9 Å². The third kappa shape index (κ3) is 3.01. The van der Waals surface area contributed by atoms with Gasteiger partial charge in [0.1, 0.15) is 4.88 Å². The molecule has 0 radical (unpaired) electrons. The second-order valence-electron chi connectivity index (χ2n) is 4.98. The Morgan fingerprint density at radius 1 is 1.37 bits per heavy atom. The van der Waals surface area contributed by atoms with Crippen molar-refractivity contribution in [2.75, 3.05) is 43.9 Å². The Hall–Kier alpha value is -1.27. The van der Waals surface area contributed by atoms with Gasteiger partial charge in [0, 0.05) is 32.2 Å². The number of esters is 1. The lowest BCUT2D eigenvalue weighted by atomic mass is 10.2. The monoisotopic (exact) mass is 283 g/mol. The zero-order chi connectivity index (χ0) is 14.0. The predicted molar refractivity (Wildman–Crippen MR) is 79.0 cm³/mol. The van der Waals surface area contributed by atoms with Gasteiger partial charge in [-0.2, -0.15) is 0 Å². The number of hydrogen-bond donors (Lipinski definition) is 1. The molecule has 0 spiro atoms. The molecule has 1 fully saturated rings. The number of carbonyl (C=O) groups is 1. The van der Waals surface area contributed by atoms with Crippen LogP contribution in [0, 0.1) is 0 Å². The zero-order valence-electron chi connectivity index (χ0n) is 11.7. The van der Waals surface area contributed by atoms with E-state index in [1.54, 1.807) is 0 Å². The normalized spacial score (nSPS) is 16.9. The first-order valence-corrected chi connectivity index (χ1v) is 7.31. The topological polar surface area (TPSA) is 58.8 Å². The lowest BCUT2D eigenvalue weighted by Gasteiger charge is -2.37. The van der Waals surface area contributed by atoms with E-state index in [0.29, 0.717) is 16.6 Å². The zero-order valence-corrected chi connectivity index (χ0v) is 12.5. The van der Waals surface area contributed by atoms with Gasteiger partial charge in [-0.25, -0.2) is 4.79 Å². The van der Waals surface area contributed by atoms with Crippen LogP contribution in [0.25, 0.3) is 0 Å². The van der Waals surface area contributed by atoms with Crippen LogP contribution in [0.5, 0.6) is 0 Å². The Balaban J connectivity index is 2.06. The number of thiophene rings is 1. The summed E-state index contributed by atoms with van der Waals surface area (Å²) in [6, 6.07) is 2.46. The fourth-order valence-corrected chi connectivity index (χ4v) is 3.31. The van der Waals surface area contributed by atoms with Gasteiger partial charge in [-0.1, -0.05) is 0 Å². The van der Waals surface area contributed by atoms with Crippen molar-refractivity contribution in [1.82, 2.24) is 4.90 Å². The third-order valence-corrected chi connectivity index (χ3v) is 4.67. The fraction of sp³-hybridized carbons (Fsp3) is 0.615. The summed E-state index contributed by atoms with van der Waals surface area (Å²) in [7, 11) is 1.38. The molecule has 1 aliphatic heterocycles. The van der Waals surface area contributed by atoms with Crippen LogP contribution in [0.4, 0.5) is 10.7 Å². The van der Waals surface area contributed by atoms with E-state index in [9.17, 15) is 4.79 Å². The highest BCUT2D eigenvalue weighted by molar-refractivity contribution is 7.18. The van der Waals surface area contributed by atoms with Gasteiger partial charge < -0.3 is 15.4 Å². The van der Waals surface area contributed by atoms with Gasteiger partial charge in [0.25, 0.3) is 0 Å². The van der Waals surface area contributed by atoms with E-state index in [-0.39, 0.29) is 5.97 Å². The maximum Gasteiger partial charge on any atom is 0.350 e. The summed E-state index contributed by atoms with van der Waals surface area (Å²) in [5, 5.41) is 1.06. The maximum atomic E-state index is 11.6. The number of nitrogens with zero attached hydrogens (tertiary/aromatic N) is 2. The molecule has 0 aromatic carbocycles. The smallest absolute Gasteiger partial charge is 0.350 e. The van der Waals surface area contributed by atoms with E-state index in [0.717, 1.165) is 31.2 Å². The van der Waals surface area contributed by atoms with E-state index in [1.807, 2.05) is 6.07 Å². The van der Waals surface area contributed by atoms with Crippen LogP contribution in [0.2, 0.25) is 0 Å². The number of nitrogens with two attached hydrogens (primary N) is 1. The van der Waals surface area contributed by atoms with E-state index < -0.39 is 0 Å². The minimum atomic E-state index is -0.352. The van der Waals surface area contributed by atoms with Crippen LogP contribution < -0.4 is 10.6 Å². The molecule has 106 valence electrons. The molecule has 1 saturated heterocycles. The van der Waals surface area contributed by atoms with Crippen molar-refractivity contribution < 1.29 is 9.53 Å². The summed E-state index contributed by atoms with van der Waals surface area (Å²) >= 11 is 1.42. The molecule has 6 heteroatoms. The molecule has 0 bridgehead atoms. The fourth-order valence-electron chi connectivity index (χ4n) is 2.26. The maximum absolute atomic E-state index is 11.6. The number of piperazine rings is 1. The Bertz CT molecular complexity index is 451. The second kappa shape index (κ2) is 5.79. The Kier molecular flexibility index (Phi) is 4.31. The molecule has 0 atom stereocenters. The van der Waals surface area contributed by atoms with Crippen LogP contribution in [-0.2, 0) is 4.74 Å². The lowest BCUT2D eigenvalue weighted by molar-refractivity contribution is 0.0607. The van der Waals surface area contributed by atoms with E-state index in [1.165, 1.54) is 18.4 Å². The minimum Gasteiger partial charge on any atom is -0.465 e. The second-order valence-corrected chi connectivity index (χ2v) is 6.01. The molecular weight excluding hydrogens is 262 g/mol. The molecule has 0 amide bonds. The molecule has 1 aliphatic rings. The molecule has 2 heterocycles. The summed E-state index contributed by atoms with van der Waals surface area (Å²) in [6.07, 6.45) is 0. The van der Waals surface area contributed by atoms with Crippen molar-refractivity contribution in [3.8, 4) is 0 Å². The highest BCUT2D eigenvalue weighted by Crippen LogP contribution is 2.33. The van der Waals surface area contributed by atoms with Crippen LogP contribution >= 0.6 is 11.3 Å². The van der Waals surface area contributed by atoms with Crippen molar-refractivity contribution in [3.05, 3.63) is 10.9 Å². The Morgan fingerprint density at radius 2 is 2.00 bits per heavy atom. The molecule has 5 nitrogen and oxygen atoms in total. The van der Waals surface area contributed by atoms with Crippen LogP contribution in [-0.4, -0.2) is 50.2 Å². The van der Waals surface area contributed by atoms with Crippen LogP contribution in [0.15, 0.2) is 6.07 Å². The Labute approximate surface area is 117 Å². The summed E-state index contributed by atoms with van der Waals surface area (Å²) in [4.78, 5) is 16.8. The number of anilines is 2. The first kappa shape index (κ1) is 14.1. The highest BCUT2D eigenvalue weighted by Gasteiger charge is 2.22. The lowest BCUT2D eigenvalue weighted by Crippen LogP contribution is -2.48. The largest absolute Gasteiger partial charge is 0.465 e. The summed E-state index contributed by atoms with van der Waals surface area (Å²) in [5.74, 6) is -0.352. The molecular formula is C13H21N3O2S. The SMILES string of the molecule is COC(=O)c1sc(N2CCN(C(C)C)CC2)cc1N. The standard InChI is InChI=1S/C13H21N3O2S/c1-9(2)15-4-6-16(7-5-15)11-8-10(14)12(19-11)13(17)18-3/h8-9H,4-7,14H2,1-3H3. The quantitative estimate of drug-likeness (QED) is 0.855. The number of hydrogen-bond acceptors (Lipinski definition) is 6. The average Bonchev–Trinajstić information content (AvgIpc) is 2.80. The number of carbonyl (C=O) groups excluding carboxylic acids is 1. The predicted octanol–water partition coefficient (Wildman–Crippen LogP) is 1.65. The van der Waals surface area contributed by atoms with Gasteiger partial charge >= 0.3 is 5.97 Å². The van der Waals surface area contributed by atoms with E-state index >= 15 is 0 Å². The summed E-state index contributed by atoms with van der Waals surface area (Å²) < 4.78 is 4.73. The Morgan fingerprint density at radius 3 is 2.53 bits per heavy atom. The molecule has 0 unspecified atom stereocenters. The van der Waals surface area contributed by atoms with Crippen LogP contribution in [0.3, 0.4) is 0 Å². The van der Waals surface area contributed by atoms with Crippen molar-refractivity contribution in [2.24, 2.45) is 0 Å². The van der Waals surface area contributed by atoms with Crippen molar-refractivity contribution in [3.63, 3.8) is 0 Å². The molecule has 19 heavy (non-hydrogen) atoms. The van der Waals surface area contributed by atoms with Crippen molar-refractivity contribution >= 4 is 28.0 Å². The summed E-state index contributed by atoms with van der Waals surface area (Å²) in [5.41, 5.74) is 6.38. The summed E-state index contributed by atoms with van der Waals surface area (Å²) in [6.45, 7) is 8.46. The van der Waals surface area contributed by atoms with E-state index in [4.69, 9.17) is 10.5 Å². The number of methoxy groups -OCH3 is 1. The first-order chi connectivity index (χ1) is 9.02. The number of ether oxygens (including phenoxy) is 1. The number of nitrogen functional groups attached to an aromatic ring is 1. The van der Waals surface area contributed by atoms with Gasteiger partial charge in [0.05, 0.1) is 17.8 Å². The average molecular weight is 283 g/mol. The third-order valence-electron chi connectivity index (χ3n) is 3.47. The minimum absolute atomic E-state index is 0.352. The van der Waals surface area contributed by atoms with Gasteiger partial charge in [-0.15, -0.1) is 11.3 Å².